The molecule has 2 heterocycles. The van der Waals surface area contributed by atoms with Crippen molar-refractivity contribution in [2.24, 2.45) is 0 Å². The predicted molar refractivity (Wildman–Crippen MR) is 90.0 cm³/mol. The fourth-order valence-electron chi connectivity index (χ4n) is 2.53. The Kier molecular flexibility index (Phi) is 5.16. The summed E-state index contributed by atoms with van der Waals surface area (Å²) in [6.45, 7) is 0.180. The second-order valence-corrected chi connectivity index (χ2v) is 5.74. The highest BCUT2D eigenvalue weighted by Crippen LogP contribution is 2.23. The number of nitrogens with zero attached hydrogens (tertiary/aromatic N) is 1. The highest BCUT2D eigenvalue weighted by molar-refractivity contribution is 6.04. The lowest BCUT2D eigenvalue weighted by atomic mass is 10.1. The fraction of sp³-hybridized carbons (Fsp3) is 0.294. The van der Waals surface area contributed by atoms with Crippen molar-refractivity contribution in [1.82, 2.24) is 21.1 Å². The van der Waals surface area contributed by atoms with Crippen molar-refractivity contribution < 1.29 is 23.6 Å². The van der Waals surface area contributed by atoms with Crippen molar-refractivity contribution in [3.63, 3.8) is 0 Å². The van der Waals surface area contributed by atoms with Crippen LogP contribution in [0.3, 0.4) is 0 Å². The van der Waals surface area contributed by atoms with Crippen LogP contribution in [0.15, 0.2) is 34.9 Å². The lowest BCUT2D eigenvalue weighted by molar-refractivity contribution is -0.122. The Morgan fingerprint density at radius 1 is 1.35 bits per heavy atom. The van der Waals surface area contributed by atoms with E-state index in [0.717, 1.165) is 5.56 Å². The third-order valence-corrected chi connectivity index (χ3v) is 3.90. The van der Waals surface area contributed by atoms with Gasteiger partial charge in [-0.2, -0.15) is 0 Å². The molecule has 0 unspecified atom stereocenters. The largest absolute Gasteiger partial charge is 0.497 e. The van der Waals surface area contributed by atoms with Crippen LogP contribution in [0.25, 0.3) is 11.3 Å². The summed E-state index contributed by atoms with van der Waals surface area (Å²) in [6.07, 6.45) is 0.337. The van der Waals surface area contributed by atoms with E-state index in [0.29, 0.717) is 17.2 Å². The first kappa shape index (κ1) is 17.5. The van der Waals surface area contributed by atoms with Crippen molar-refractivity contribution in [3.8, 4) is 17.0 Å². The number of urea groups is 1. The molecule has 3 N–H and O–H groups in total. The summed E-state index contributed by atoms with van der Waals surface area (Å²) in [6, 6.07) is 7.93. The van der Waals surface area contributed by atoms with Crippen LogP contribution in [-0.4, -0.2) is 36.2 Å². The maximum absolute atomic E-state index is 11.9. The Balaban J connectivity index is 1.49. The second-order valence-electron chi connectivity index (χ2n) is 5.74. The minimum atomic E-state index is -0.668. The zero-order valence-corrected chi connectivity index (χ0v) is 14.1. The SMILES string of the molecule is COc1cccc(-c2cc(CNC(=O)CC[C@H]3NC(=O)NC3=O)on2)c1. The van der Waals surface area contributed by atoms with E-state index in [1.54, 1.807) is 13.2 Å². The molecule has 1 aromatic carbocycles. The number of hydrogen-bond donors (Lipinski definition) is 3. The van der Waals surface area contributed by atoms with Crippen molar-refractivity contribution in [2.75, 3.05) is 7.11 Å². The number of imide groups is 1. The predicted octanol–water partition coefficient (Wildman–Crippen LogP) is 0.955. The molecule has 9 heteroatoms. The van der Waals surface area contributed by atoms with Crippen molar-refractivity contribution in [3.05, 3.63) is 36.1 Å². The average Bonchev–Trinajstić information content (AvgIpc) is 3.24. The molecule has 1 aliphatic heterocycles. The standard InChI is InChI=1S/C17H18N4O5/c1-25-11-4-2-3-10(7-11)14-8-12(26-21-14)9-18-15(22)6-5-13-16(23)20-17(24)19-13/h2-4,7-8,13H,5-6,9H2,1H3,(H,18,22)(H2,19,20,23,24)/t13-/m1/s1. The van der Waals surface area contributed by atoms with Gasteiger partial charge in [0.2, 0.25) is 5.91 Å². The molecule has 0 spiro atoms. The second kappa shape index (κ2) is 7.68. The lowest BCUT2D eigenvalue weighted by Gasteiger charge is -2.06. The normalized spacial score (nSPS) is 16.1. The van der Waals surface area contributed by atoms with Crippen LogP contribution in [0.4, 0.5) is 4.79 Å². The number of hydrogen-bond acceptors (Lipinski definition) is 6. The first-order valence-corrected chi connectivity index (χ1v) is 8.03. The van der Waals surface area contributed by atoms with Crippen LogP contribution in [0.5, 0.6) is 5.75 Å². The van der Waals surface area contributed by atoms with Crippen LogP contribution in [0.2, 0.25) is 0 Å². The molecule has 0 aliphatic carbocycles. The summed E-state index contributed by atoms with van der Waals surface area (Å²) in [5, 5.41) is 11.2. The highest BCUT2D eigenvalue weighted by Gasteiger charge is 2.29. The molecule has 4 amide bonds. The minimum Gasteiger partial charge on any atom is -0.497 e. The number of rotatable bonds is 7. The van der Waals surface area contributed by atoms with Crippen LogP contribution in [0.1, 0.15) is 18.6 Å². The number of aromatic nitrogens is 1. The van der Waals surface area contributed by atoms with E-state index in [4.69, 9.17) is 9.26 Å². The van der Waals surface area contributed by atoms with E-state index in [-0.39, 0.29) is 25.3 Å². The van der Waals surface area contributed by atoms with Gasteiger partial charge < -0.3 is 19.9 Å². The Hall–Kier alpha value is -3.36. The third kappa shape index (κ3) is 4.18. The van der Waals surface area contributed by atoms with Gasteiger partial charge >= 0.3 is 6.03 Å². The monoisotopic (exact) mass is 358 g/mol. The molecule has 3 rings (SSSR count). The molecule has 0 bridgehead atoms. The highest BCUT2D eigenvalue weighted by atomic mass is 16.5. The number of carbonyl (C=O) groups is 3. The quantitative estimate of drug-likeness (QED) is 0.634. The van der Waals surface area contributed by atoms with Gasteiger partial charge in [-0.25, -0.2) is 4.79 Å². The Labute approximate surface area is 149 Å². The Bertz CT molecular complexity index is 832. The maximum atomic E-state index is 11.9. The molecule has 136 valence electrons. The van der Waals surface area contributed by atoms with Gasteiger partial charge in [0.05, 0.1) is 13.7 Å². The van der Waals surface area contributed by atoms with Gasteiger partial charge in [-0.15, -0.1) is 0 Å². The smallest absolute Gasteiger partial charge is 0.322 e. The van der Waals surface area contributed by atoms with E-state index in [1.807, 2.05) is 24.3 Å². The van der Waals surface area contributed by atoms with Gasteiger partial charge in [0.15, 0.2) is 5.76 Å². The number of ether oxygens (including phenoxy) is 1. The van der Waals surface area contributed by atoms with Gasteiger partial charge in [0.1, 0.15) is 17.5 Å². The molecule has 1 saturated heterocycles. The Morgan fingerprint density at radius 2 is 2.19 bits per heavy atom. The first-order chi connectivity index (χ1) is 12.5. The number of amides is 4. The topological polar surface area (TPSA) is 123 Å². The van der Waals surface area contributed by atoms with Crippen LogP contribution in [0, 0.1) is 0 Å². The molecule has 1 aliphatic rings. The van der Waals surface area contributed by atoms with Gasteiger partial charge in [-0.05, 0) is 18.6 Å². The fourth-order valence-corrected chi connectivity index (χ4v) is 2.53. The van der Waals surface area contributed by atoms with Crippen LogP contribution >= 0.6 is 0 Å². The minimum absolute atomic E-state index is 0.106. The van der Waals surface area contributed by atoms with E-state index < -0.39 is 18.0 Å². The molecular formula is C17H18N4O5. The summed E-state index contributed by atoms with van der Waals surface area (Å²) < 4.78 is 10.4. The summed E-state index contributed by atoms with van der Waals surface area (Å²) in [5.41, 5.74) is 1.48. The average molecular weight is 358 g/mol. The third-order valence-electron chi connectivity index (χ3n) is 3.90. The maximum Gasteiger partial charge on any atom is 0.322 e. The van der Waals surface area contributed by atoms with Gasteiger partial charge in [0, 0.05) is 18.1 Å². The van der Waals surface area contributed by atoms with Crippen molar-refractivity contribution in [2.45, 2.75) is 25.4 Å². The number of nitrogens with one attached hydrogen (secondary N) is 3. The van der Waals surface area contributed by atoms with E-state index in [1.165, 1.54) is 0 Å². The van der Waals surface area contributed by atoms with E-state index in [2.05, 4.69) is 21.1 Å². The van der Waals surface area contributed by atoms with Gasteiger partial charge in [-0.1, -0.05) is 17.3 Å². The summed E-state index contributed by atoms with van der Waals surface area (Å²) in [7, 11) is 1.59. The number of benzene rings is 1. The molecule has 0 saturated carbocycles. The zero-order chi connectivity index (χ0) is 18.5. The molecule has 2 aromatic rings. The first-order valence-electron chi connectivity index (χ1n) is 8.03. The molecule has 1 aromatic heterocycles. The summed E-state index contributed by atoms with van der Waals surface area (Å²) in [5.74, 6) is 0.547. The molecule has 0 radical (unpaired) electrons. The Morgan fingerprint density at radius 3 is 2.92 bits per heavy atom. The van der Waals surface area contributed by atoms with Crippen molar-refractivity contribution >= 4 is 17.8 Å². The molecule has 9 nitrogen and oxygen atoms in total. The van der Waals surface area contributed by atoms with E-state index in [9.17, 15) is 14.4 Å². The van der Waals surface area contributed by atoms with Crippen LogP contribution in [-0.2, 0) is 16.1 Å². The number of methoxy groups -OCH3 is 1. The van der Waals surface area contributed by atoms with Gasteiger partial charge in [0.25, 0.3) is 5.91 Å². The summed E-state index contributed by atoms with van der Waals surface area (Å²) in [4.78, 5) is 34.3. The molecule has 1 atom stereocenters. The molecule has 1 fully saturated rings. The molecular weight excluding hydrogens is 340 g/mol. The molecule has 26 heavy (non-hydrogen) atoms. The van der Waals surface area contributed by atoms with Crippen molar-refractivity contribution in [1.29, 1.82) is 0 Å². The lowest BCUT2D eigenvalue weighted by Crippen LogP contribution is -2.31. The zero-order valence-electron chi connectivity index (χ0n) is 14.1. The van der Waals surface area contributed by atoms with Crippen LogP contribution < -0.4 is 20.7 Å². The summed E-state index contributed by atoms with van der Waals surface area (Å²) >= 11 is 0. The van der Waals surface area contributed by atoms with Gasteiger partial charge in [-0.3, -0.25) is 14.9 Å². The number of carbonyl (C=O) groups excluding carboxylic acids is 3. The van der Waals surface area contributed by atoms with E-state index >= 15 is 0 Å².